The van der Waals surface area contributed by atoms with Crippen LogP contribution in [0.2, 0.25) is 0 Å². The molecule has 1 aromatic carbocycles. The van der Waals surface area contributed by atoms with Gasteiger partial charge < -0.3 is 4.42 Å². The summed E-state index contributed by atoms with van der Waals surface area (Å²) < 4.78 is 7.71. The molecule has 0 saturated heterocycles. The van der Waals surface area contributed by atoms with E-state index in [0.29, 0.717) is 16.5 Å². The van der Waals surface area contributed by atoms with E-state index >= 15 is 0 Å². The molecule has 5 aromatic rings. The quantitative estimate of drug-likeness (QED) is 0.532. The lowest BCUT2D eigenvalue weighted by molar-refractivity contribution is 0.619. The number of nitrogens with one attached hydrogen (secondary N) is 1. The molecule has 0 radical (unpaired) electrons. The van der Waals surface area contributed by atoms with Crippen LogP contribution in [0.1, 0.15) is 11.3 Å². The fourth-order valence-corrected chi connectivity index (χ4v) is 3.58. The number of hydrogen-bond donors (Lipinski definition) is 1. The lowest BCUT2D eigenvalue weighted by atomic mass is 10.1. The van der Waals surface area contributed by atoms with Crippen LogP contribution in [-0.4, -0.2) is 30.0 Å². The van der Waals surface area contributed by atoms with Crippen LogP contribution in [0.3, 0.4) is 0 Å². The van der Waals surface area contributed by atoms with E-state index in [9.17, 15) is 0 Å². The summed E-state index contributed by atoms with van der Waals surface area (Å²) in [4.78, 5) is 0.709. The maximum atomic E-state index is 5.99. The Hall–Kier alpha value is -3.00. The molecule has 0 fully saturated rings. The molecule has 0 bridgehead atoms. The average Bonchev–Trinajstić information content (AvgIpc) is 3.31. The van der Waals surface area contributed by atoms with Gasteiger partial charge >= 0.3 is 0 Å². The number of aryl methyl sites for hydroxylation is 2. The van der Waals surface area contributed by atoms with Gasteiger partial charge in [0.2, 0.25) is 10.8 Å². The van der Waals surface area contributed by atoms with Gasteiger partial charge in [-0.3, -0.25) is 5.10 Å². The van der Waals surface area contributed by atoms with Gasteiger partial charge in [-0.2, -0.15) is 14.7 Å². The first-order valence-corrected chi connectivity index (χ1v) is 8.25. The van der Waals surface area contributed by atoms with Gasteiger partial charge in [0.1, 0.15) is 11.3 Å². The summed E-state index contributed by atoms with van der Waals surface area (Å²) >= 11 is 1.45. The minimum absolute atomic E-state index is 0.605. The van der Waals surface area contributed by atoms with Crippen LogP contribution in [0.5, 0.6) is 0 Å². The van der Waals surface area contributed by atoms with E-state index in [4.69, 9.17) is 4.42 Å². The zero-order chi connectivity index (χ0) is 16.3. The molecule has 8 heteroatoms. The van der Waals surface area contributed by atoms with Crippen LogP contribution in [0.4, 0.5) is 0 Å². The van der Waals surface area contributed by atoms with Gasteiger partial charge in [-0.05, 0) is 26.0 Å². The van der Waals surface area contributed by atoms with E-state index in [1.807, 2.05) is 44.2 Å². The third kappa shape index (κ3) is 1.83. The molecule has 118 valence electrons. The number of aromatic amines is 1. The highest BCUT2D eigenvalue weighted by molar-refractivity contribution is 7.19. The van der Waals surface area contributed by atoms with Crippen molar-refractivity contribution in [3.8, 4) is 22.3 Å². The number of H-pyrrole nitrogens is 1. The molecule has 0 aliphatic rings. The molecule has 0 aliphatic carbocycles. The van der Waals surface area contributed by atoms with Crippen molar-refractivity contribution in [2.75, 3.05) is 0 Å². The van der Waals surface area contributed by atoms with Gasteiger partial charge in [0.05, 0.1) is 0 Å². The van der Waals surface area contributed by atoms with Crippen LogP contribution in [0.25, 0.3) is 38.2 Å². The summed E-state index contributed by atoms with van der Waals surface area (Å²) in [6, 6.07) is 9.89. The van der Waals surface area contributed by atoms with Gasteiger partial charge in [0.25, 0.3) is 0 Å². The van der Waals surface area contributed by atoms with Crippen molar-refractivity contribution in [1.82, 2.24) is 30.0 Å². The summed E-state index contributed by atoms with van der Waals surface area (Å²) in [5, 5.41) is 22.1. The van der Waals surface area contributed by atoms with E-state index < -0.39 is 0 Å². The molecular formula is C16H12N6OS. The Labute approximate surface area is 140 Å². The smallest absolute Gasteiger partial charge is 0.235 e. The number of rotatable bonds is 2. The van der Waals surface area contributed by atoms with Crippen molar-refractivity contribution in [2.45, 2.75) is 13.8 Å². The zero-order valence-electron chi connectivity index (χ0n) is 12.9. The van der Waals surface area contributed by atoms with E-state index in [1.165, 1.54) is 11.3 Å². The largest absolute Gasteiger partial charge is 0.452 e. The predicted octanol–water partition coefficient (Wildman–Crippen LogP) is 3.61. The molecular weight excluding hydrogens is 324 g/mol. The van der Waals surface area contributed by atoms with Gasteiger partial charge in [-0.15, -0.1) is 10.2 Å². The molecule has 7 nitrogen and oxygen atoms in total. The Balaban J connectivity index is 1.71. The normalized spacial score (nSPS) is 11.8. The SMILES string of the molecule is Cc1cc(-c2nn3c(-c4oc5ccccc5c4C)nnc3s2)n[nH]1. The molecule has 0 spiro atoms. The van der Waals surface area contributed by atoms with Gasteiger partial charge in [-0.25, -0.2) is 0 Å². The van der Waals surface area contributed by atoms with E-state index in [1.54, 1.807) is 4.52 Å². The molecule has 0 aliphatic heterocycles. The summed E-state index contributed by atoms with van der Waals surface area (Å²) in [5.74, 6) is 1.30. The van der Waals surface area contributed by atoms with Gasteiger partial charge in [0, 0.05) is 16.6 Å². The third-order valence-electron chi connectivity index (χ3n) is 3.96. The summed E-state index contributed by atoms with van der Waals surface area (Å²) in [5.41, 5.74) is 3.66. The van der Waals surface area contributed by atoms with Crippen molar-refractivity contribution in [3.63, 3.8) is 0 Å². The first-order chi connectivity index (χ1) is 11.7. The topological polar surface area (TPSA) is 84.9 Å². The fourth-order valence-electron chi connectivity index (χ4n) is 2.78. The maximum absolute atomic E-state index is 5.99. The average molecular weight is 336 g/mol. The lowest BCUT2D eigenvalue weighted by Crippen LogP contribution is -1.91. The van der Waals surface area contributed by atoms with E-state index in [-0.39, 0.29) is 0 Å². The van der Waals surface area contributed by atoms with Crippen molar-refractivity contribution in [3.05, 3.63) is 41.6 Å². The Morgan fingerprint density at radius 3 is 2.83 bits per heavy atom. The molecule has 4 aromatic heterocycles. The van der Waals surface area contributed by atoms with Crippen molar-refractivity contribution in [2.24, 2.45) is 0 Å². The lowest BCUT2D eigenvalue weighted by Gasteiger charge is -1.93. The number of aromatic nitrogens is 6. The van der Waals surface area contributed by atoms with E-state index in [2.05, 4.69) is 25.5 Å². The monoisotopic (exact) mass is 336 g/mol. The maximum Gasteiger partial charge on any atom is 0.235 e. The molecule has 0 saturated carbocycles. The number of furan rings is 1. The number of benzene rings is 1. The highest BCUT2D eigenvalue weighted by Crippen LogP contribution is 2.33. The molecule has 0 unspecified atom stereocenters. The van der Waals surface area contributed by atoms with Crippen molar-refractivity contribution < 1.29 is 4.42 Å². The fraction of sp³-hybridized carbons (Fsp3) is 0.125. The minimum Gasteiger partial charge on any atom is -0.452 e. The molecule has 4 heterocycles. The number of fused-ring (bicyclic) bond motifs is 2. The second kappa shape index (κ2) is 4.75. The summed E-state index contributed by atoms with van der Waals surface area (Å²) in [6.45, 7) is 3.98. The molecule has 24 heavy (non-hydrogen) atoms. The highest BCUT2D eigenvalue weighted by Gasteiger charge is 2.21. The molecule has 1 N–H and O–H groups in total. The number of nitrogens with zero attached hydrogens (tertiary/aromatic N) is 5. The van der Waals surface area contributed by atoms with Gasteiger partial charge in [-0.1, -0.05) is 29.5 Å². The van der Waals surface area contributed by atoms with E-state index in [0.717, 1.165) is 32.9 Å². The van der Waals surface area contributed by atoms with Crippen LogP contribution in [0, 0.1) is 13.8 Å². The van der Waals surface area contributed by atoms with Crippen molar-refractivity contribution in [1.29, 1.82) is 0 Å². The Kier molecular flexibility index (Phi) is 2.66. The Morgan fingerprint density at radius 2 is 2.04 bits per heavy atom. The number of para-hydroxylation sites is 1. The summed E-state index contributed by atoms with van der Waals surface area (Å²) in [6.07, 6.45) is 0. The minimum atomic E-state index is 0.605. The van der Waals surface area contributed by atoms with Crippen LogP contribution in [-0.2, 0) is 0 Å². The van der Waals surface area contributed by atoms with Gasteiger partial charge in [0.15, 0.2) is 10.8 Å². The summed E-state index contributed by atoms with van der Waals surface area (Å²) in [7, 11) is 0. The standard InChI is InChI=1S/C16H12N6OS/c1-8-7-11(18-17-8)15-21-22-14(19-20-16(22)24-15)13-9(2)10-5-3-4-6-12(10)23-13/h3-7H,1-2H3,(H,17,18). The molecule has 0 amide bonds. The number of hydrogen-bond acceptors (Lipinski definition) is 6. The van der Waals surface area contributed by atoms with Crippen molar-refractivity contribution >= 4 is 27.3 Å². The second-order valence-electron chi connectivity index (χ2n) is 5.61. The third-order valence-corrected chi connectivity index (χ3v) is 4.88. The molecule has 0 atom stereocenters. The zero-order valence-corrected chi connectivity index (χ0v) is 13.8. The highest BCUT2D eigenvalue weighted by atomic mass is 32.1. The second-order valence-corrected chi connectivity index (χ2v) is 6.57. The molecule has 5 rings (SSSR count). The Morgan fingerprint density at radius 1 is 1.17 bits per heavy atom. The van der Waals surface area contributed by atoms with Crippen LogP contribution >= 0.6 is 11.3 Å². The first-order valence-electron chi connectivity index (χ1n) is 7.44. The Bertz CT molecular complexity index is 1190. The van der Waals surface area contributed by atoms with Crippen LogP contribution in [0.15, 0.2) is 34.7 Å². The van der Waals surface area contributed by atoms with Crippen LogP contribution < -0.4 is 0 Å². The first kappa shape index (κ1) is 13.4. The predicted molar refractivity (Wildman–Crippen MR) is 90.9 cm³/mol.